The maximum Gasteiger partial charge on any atom is 0.341 e. The predicted octanol–water partition coefficient (Wildman–Crippen LogP) is 0.0701. The summed E-state index contributed by atoms with van der Waals surface area (Å²) < 4.78 is 1.05. The molecule has 0 aliphatic rings. The van der Waals surface area contributed by atoms with Crippen LogP contribution in [0.15, 0.2) is 23.1 Å². The number of aromatic carboxylic acids is 1. The van der Waals surface area contributed by atoms with Gasteiger partial charge in [0.1, 0.15) is 12.1 Å². The van der Waals surface area contributed by atoms with Gasteiger partial charge in [0.15, 0.2) is 0 Å². The summed E-state index contributed by atoms with van der Waals surface area (Å²) in [6.45, 7) is -0.139. The van der Waals surface area contributed by atoms with E-state index in [2.05, 4.69) is 0 Å². The van der Waals surface area contributed by atoms with E-state index in [1.54, 1.807) is 6.07 Å². The van der Waals surface area contributed by atoms with Gasteiger partial charge in [-0.1, -0.05) is 0 Å². The summed E-state index contributed by atoms with van der Waals surface area (Å²) in [4.78, 5) is 21.7. The van der Waals surface area contributed by atoms with Crippen molar-refractivity contribution < 1.29 is 9.90 Å². The summed E-state index contributed by atoms with van der Waals surface area (Å²) in [5, 5.41) is 16.9. The van der Waals surface area contributed by atoms with E-state index >= 15 is 0 Å². The Labute approximate surface area is 73.5 Å². The molecule has 1 aromatic rings. The standard InChI is InChI=1S/C8H6N2O3/c9-3-5-10-4-1-2-6(7(10)11)8(12)13/h1-2,4H,5H2,(H,12,13). The fourth-order valence-corrected chi connectivity index (χ4v) is 0.900. The van der Waals surface area contributed by atoms with Gasteiger partial charge in [0, 0.05) is 6.20 Å². The Morgan fingerprint density at radius 1 is 1.69 bits per heavy atom. The van der Waals surface area contributed by atoms with Crippen molar-refractivity contribution in [2.75, 3.05) is 0 Å². The van der Waals surface area contributed by atoms with Crippen molar-refractivity contribution in [1.29, 1.82) is 5.26 Å². The Kier molecular flexibility index (Phi) is 2.45. The predicted molar refractivity (Wildman–Crippen MR) is 43.3 cm³/mol. The Balaban J connectivity index is 3.29. The molecule has 5 heteroatoms. The topological polar surface area (TPSA) is 83.1 Å². The minimum absolute atomic E-state index is 0.139. The van der Waals surface area contributed by atoms with Crippen LogP contribution in [0, 0.1) is 11.3 Å². The fraction of sp³-hybridized carbons (Fsp3) is 0.125. The summed E-state index contributed by atoms with van der Waals surface area (Å²) in [5.41, 5.74) is -0.977. The molecule has 0 unspecified atom stereocenters. The minimum atomic E-state index is -1.28. The lowest BCUT2D eigenvalue weighted by Gasteiger charge is -1.99. The Bertz CT molecular complexity index is 428. The van der Waals surface area contributed by atoms with Crippen LogP contribution in [0.1, 0.15) is 10.4 Å². The molecule has 0 radical (unpaired) electrons. The van der Waals surface area contributed by atoms with Gasteiger partial charge in [-0.25, -0.2) is 4.79 Å². The van der Waals surface area contributed by atoms with Crippen LogP contribution >= 0.6 is 0 Å². The van der Waals surface area contributed by atoms with E-state index in [1.807, 2.05) is 0 Å². The van der Waals surface area contributed by atoms with Crippen molar-refractivity contribution in [3.63, 3.8) is 0 Å². The second-order valence-electron chi connectivity index (χ2n) is 2.32. The van der Waals surface area contributed by atoms with Gasteiger partial charge in [-0.05, 0) is 12.1 Å². The van der Waals surface area contributed by atoms with E-state index in [4.69, 9.17) is 10.4 Å². The number of pyridine rings is 1. The summed E-state index contributed by atoms with van der Waals surface area (Å²) in [7, 11) is 0. The van der Waals surface area contributed by atoms with E-state index in [9.17, 15) is 9.59 Å². The Morgan fingerprint density at radius 2 is 2.38 bits per heavy atom. The van der Waals surface area contributed by atoms with Gasteiger partial charge >= 0.3 is 5.97 Å². The minimum Gasteiger partial charge on any atom is -0.477 e. The molecule has 1 heterocycles. The number of hydrogen-bond acceptors (Lipinski definition) is 3. The summed E-state index contributed by atoms with van der Waals surface area (Å²) in [6.07, 6.45) is 1.37. The first-order valence-electron chi connectivity index (χ1n) is 3.46. The van der Waals surface area contributed by atoms with E-state index in [1.165, 1.54) is 18.3 Å². The highest BCUT2D eigenvalue weighted by Crippen LogP contribution is 1.91. The number of nitriles is 1. The molecular weight excluding hydrogens is 172 g/mol. The fourth-order valence-electron chi connectivity index (χ4n) is 0.900. The van der Waals surface area contributed by atoms with Crippen LogP contribution < -0.4 is 5.56 Å². The summed E-state index contributed by atoms with van der Waals surface area (Å²) in [6, 6.07) is 4.39. The van der Waals surface area contributed by atoms with Crippen molar-refractivity contribution in [2.24, 2.45) is 0 Å². The van der Waals surface area contributed by atoms with Gasteiger partial charge < -0.3 is 9.67 Å². The van der Waals surface area contributed by atoms with Crippen LogP contribution in [0.2, 0.25) is 0 Å². The molecule has 13 heavy (non-hydrogen) atoms. The zero-order valence-corrected chi connectivity index (χ0v) is 6.60. The number of rotatable bonds is 2. The number of carboxylic acid groups (broad SMARTS) is 1. The van der Waals surface area contributed by atoms with Crippen LogP contribution in [-0.2, 0) is 6.54 Å². The second kappa shape index (κ2) is 3.54. The highest BCUT2D eigenvalue weighted by Gasteiger charge is 2.08. The van der Waals surface area contributed by atoms with Crippen molar-refractivity contribution in [2.45, 2.75) is 6.54 Å². The third kappa shape index (κ3) is 1.73. The molecular formula is C8H6N2O3. The molecule has 0 atom stereocenters. The van der Waals surface area contributed by atoms with Crippen molar-refractivity contribution in [3.05, 3.63) is 34.2 Å². The van der Waals surface area contributed by atoms with Crippen molar-refractivity contribution in [3.8, 4) is 6.07 Å². The molecule has 5 nitrogen and oxygen atoms in total. The zero-order valence-electron chi connectivity index (χ0n) is 6.60. The smallest absolute Gasteiger partial charge is 0.341 e. The normalized spacial score (nSPS) is 9.15. The molecule has 1 aromatic heterocycles. The van der Waals surface area contributed by atoms with Gasteiger partial charge in [-0.2, -0.15) is 5.26 Å². The van der Waals surface area contributed by atoms with Gasteiger partial charge in [0.25, 0.3) is 5.56 Å². The molecule has 0 aliphatic carbocycles. The lowest BCUT2D eigenvalue weighted by Crippen LogP contribution is -2.25. The molecule has 0 fully saturated rings. The molecule has 0 saturated heterocycles. The van der Waals surface area contributed by atoms with Crippen LogP contribution in [0.5, 0.6) is 0 Å². The maximum atomic E-state index is 11.2. The molecule has 0 bridgehead atoms. The van der Waals surface area contributed by atoms with Crippen molar-refractivity contribution >= 4 is 5.97 Å². The van der Waals surface area contributed by atoms with E-state index in [0.29, 0.717) is 0 Å². The Hall–Kier alpha value is -2.09. The quantitative estimate of drug-likeness (QED) is 0.694. The lowest BCUT2D eigenvalue weighted by atomic mass is 10.3. The van der Waals surface area contributed by atoms with Crippen molar-refractivity contribution in [1.82, 2.24) is 4.57 Å². The van der Waals surface area contributed by atoms with E-state index in [0.717, 1.165) is 4.57 Å². The first-order chi connectivity index (χ1) is 6.16. The van der Waals surface area contributed by atoms with Crippen LogP contribution in [-0.4, -0.2) is 15.6 Å². The Morgan fingerprint density at radius 3 is 2.92 bits per heavy atom. The molecule has 0 spiro atoms. The monoisotopic (exact) mass is 178 g/mol. The molecule has 1 rings (SSSR count). The number of nitrogens with zero attached hydrogens (tertiary/aromatic N) is 2. The molecule has 0 amide bonds. The molecule has 66 valence electrons. The first-order valence-corrected chi connectivity index (χ1v) is 3.46. The maximum absolute atomic E-state index is 11.2. The third-order valence-corrected chi connectivity index (χ3v) is 1.49. The largest absolute Gasteiger partial charge is 0.477 e. The third-order valence-electron chi connectivity index (χ3n) is 1.49. The average molecular weight is 178 g/mol. The first kappa shape index (κ1) is 9.00. The van der Waals surface area contributed by atoms with Crippen LogP contribution in [0.3, 0.4) is 0 Å². The van der Waals surface area contributed by atoms with E-state index in [-0.39, 0.29) is 12.1 Å². The number of carbonyl (C=O) groups is 1. The second-order valence-corrected chi connectivity index (χ2v) is 2.32. The lowest BCUT2D eigenvalue weighted by molar-refractivity contribution is 0.0694. The molecule has 0 saturated carbocycles. The highest BCUT2D eigenvalue weighted by molar-refractivity contribution is 5.86. The van der Waals surface area contributed by atoms with Gasteiger partial charge in [0.2, 0.25) is 0 Å². The SMILES string of the molecule is N#CCn1cccc(C(=O)O)c1=O. The number of hydrogen-bond donors (Lipinski definition) is 1. The van der Waals surface area contributed by atoms with Crippen LogP contribution in [0.4, 0.5) is 0 Å². The summed E-state index contributed by atoms with van der Waals surface area (Å²) >= 11 is 0. The number of aromatic nitrogens is 1. The van der Waals surface area contributed by atoms with Gasteiger partial charge in [-0.3, -0.25) is 4.79 Å². The molecule has 1 N–H and O–H groups in total. The van der Waals surface area contributed by atoms with Gasteiger partial charge in [-0.15, -0.1) is 0 Å². The van der Waals surface area contributed by atoms with E-state index < -0.39 is 11.5 Å². The zero-order chi connectivity index (χ0) is 9.84. The molecule has 0 aliphatic heterocycles. The molecule has 0 aromatic carbocycles. The average Bonchev–Trinajstić information content (AvgIpc) is 2.08. The number of carboxylic acids is 1. The van der Waals surface area contributed by atoms with Gasteiger partial charge in [0.05, 0.1) is 6.07 Å². The summed E-state index contributed by atoms with van der Waals surface area (Å²) in [5.74, 6) is -1.28. The highest BCUT2D eigenvalue weighted by atomic mass is 16.4. The van der Waals surface area contributed by atoms with Crippen LogP contribution in [0.25, 0.3) is 0 Å².